The first-order chi connectivity index (χ1) is 12.5. The number of nitrogens with zero attached hydrogens (tertiary/aromatic N) is 1. The molecular formula is C21H24N2O3. The lowest BCUT2D eigenvalue weighted by molar-refractivity contribution is -0.256. The van der Waals surface area contributed by atoms with Gasteiger partial charge in [-0.2, -0.15) is 4.89 Å². The van der Waals surface area contributed by atoms with Crippen LogP contribution in [0.3, 0.4) is 0 Å². The summed E-state index contributed by atoms with van der Waals surface area (Å²) >= 11 is 0. The fourth-order valence-corrected chi connectivity index (χ4v) is 3.29. The topological polar surface area (TPSA) is 66.5 Å². The van der Waals surface area contributed by atoms with E-state index in [4.69, 9.17) is 5.73 Å². The second-order valence-corrected chi connectivity index (χ2v) is 6.53. The first-order valence-electron chi connectivity index (χ1n) is 8.63. The van der Waals surface area contributed by atoms with Crippen LogP contribution in [0.5, 0.6) is 0 Å². The van der Waals surface area contributed by atoms with Crippen molar-refractivity contribution in [2.75, 3.05) is 7.11 Å². The molecule has 0 aliphatic rings. The van der Waals surface area contributed by atoms with Gasteiger partial charge in [-0.1, -0.05) is 48.0 Å². The van der Waals surface area contributed by atoms with Crippen molar-refractivity contribution < 1.29 is 14.6 Å². The van der Waals surface area contributed by atoms with Crippen LogP contribution in [-0.4, -0.2) is 23.7 Å². The standard InChI is InChI=1S/C21H24N2O3/c1-14-8-10-16(11-9-14)13-23-15(2)18(12-19(22)21(24)26-25-3)17-6-4-5-7-20(17)23/h4-11,19H,12-13,22H2,1-3H3/t19-/m0/s1. The van der Waals surface area contributed by atoms with Crippen molar-refractivity contribution >= 4 is 16.9 Å². The number of hydrogen-bond acceptors (Lipinski definition) is 4. The summed E-state index contributed by atoms with van der Waals surface area (Å²) in [5, 5.41) is 1.11. The molecule has 2 N–H and O–H groups in total. The molecule has 5 heteroatoms. The van der Waals surface area contributed by atoms with Crippen LogP contribution in [-0.2, 0) is 27.5 Å². The van der Waals surface area contributed by atoms with Gasteiger partial charge in [-0.05, 0) is 31.0 Å². The van der Waals surface area contributed by atoms with Crippen LogP contribution in [0, 0.1) is 13.8 Å². The molecule has 0 unspecified atom stereocenters. The molecule has 0 saturated heterocycles. The van der Waals surface area contributed by atoms with Crippen LogP contribution in [0.25, 0.3) is 10.9 Å². The molecule has 3 rings (SSSR count). The van der Waals surface area contributed by atoms with Crippen molar-refractivity contribution in [2.45, 2.75) is 32.9 Å². The van der Waals surface area contributed by atoms with Gasteiger partial charge >= 0.3 is 5.97 Å². The lowest BCUT2D eigenvalue weighted by Crippen LogP contribution is -2.34. The highest BCUT2D eigenvalue weighted by Crippen LogP contribution is 2.28. The summed E-state index contributed by atoms with van der Waals surface area (Å²) in [4.78, 5) is 20.9. The third-order valence-electron chi connectivity index (χ3n) is 4.72. The number of rotatable bonds is 6. The number of carbonyl (C=O) groups excluding carboxylic acids is 1. The van der Waals surface area contributed by atoms with Gasteiger partial charge in [0.2, 0.25) is 0 Å². The number of para-hydroxylation sites is 1. The van der Waals surface area contributed by atoms with Crippen molar-refractivity contribution in [1.29, 1.82) is 0 Å². The van der Waals surface area contributed by atoms with Crippen molar-refractivity contribution in [2.24, 2.45) is 5.73 Å². The molecule has 0 aliphatic carbocycles. The smallest absolute Gasteiger partial charge is 0.340 e. The van der Waals surface area contributed by atoms with Gasteiger partial charge in [-0.25, -0.2) is 4.79 Å². The Balaban J connectivity index is 1.98. The summed E-state index contributed by atoms with van der Waals surface area (Å²) in [6.45, 7) is 4.92. The molecule has 1 aromatic heterocycles. The summed E-state index contributed by atoms with van der Waals surface area (Å²) in [5.74, 6) is -0.567. The van der Waals surface area contributed by atoms with Crippen molar-refractivity contribution in [3.05, 3.63) is 70.9 Å². The highest BCUT2D eigenvalue weighted by Gasteiger charge is 2.22. The van der Waals surface area contributed by atoms with Gasteiger partial charge in [-0.3, -0.25) is 4.89 Å². The van der Waals surface area contributed by atoms with Crippen molar-refractivity contribution in [3.8, 4) is 0 Å². The largest absolute Gasteiger partial charge is 0.359 e. The maximum absolute atomic E-state index is 11.8. The predicted molar refractivity (Wildman–Crippen MR) is 102 cm³/mol. The van der Waals surface area contributed by atoms with E-state index in [9.17, 15) is 4.79 Å². The molecule has 0 radical (unpaired) electrons. The number of nitrogens with two attached hydrogens (primary N) is 1. The molecule has 3 aromatic rings. The Morgan fingerprint density at radius 1 is 1.12 bits per heavy atom. The average Bonchev–Trinajstić information content (AvgIpc) is 2.89. The van der Waals surface area contributed by atoms with E-state index in [2.05, 4.69) is 64.6 Å². The molecule has 2 aromatic carbocycles. The van der Waals surface area contributed by atoms with Crippen LogP contribution >= 0.6 is 0 Å². The minimum absolute atomic E-state index is 0.398. The van der Waals surface area contributed by atoms with Crippen LogP contribution < -0.4 is 5.73 Å². The van der Waals surface area contributed by atoms with E-state index in [1.165, 1.54) is 18.2 Å². The Morgan fingerprint density at radius 2 is 1.81 bits per heavy atom. The van der Waals surface area contributed by atoms with E-state index >= 15 is 0 Å². The SMILES string of the molecule is COOC(=O)[C@@H](N)Cc1c(C)n(Cc2ccc(C)cc2)c2ccccc12. The summed E-state index contributed by atoms with van der Waals surface area (Å²) in [6.07, 6.45) is 0.398. The maximum Gasteiger partial charge on any atom is 0.359 e. The predicted octanol–water partition coefficient (Wildman–Crippen LogP) is 3.28. The number of benzene rings is 2. The number of fused-ring (bicyclic) bond motifs is 1. The zero-order chi connectivity index (χ0) is 18.7. The summed E-state index contributed by atoms with van der Waals surface area (Å²) in [7, 11) is 1.29. The third-order valence-corrected chi connectivity index (χ3v) is 4.72. The third kappa shape index (κ3) is 3.64. The molecule has 5 nitrogen and oxygen atoms in total. The molecule has 0 fully saturated rings. The van der Waals surface area contributed by atoms with Gasteiger partial charge in [0, 0.05) is 29.6 Å². The molecule has 0 bridgehead atoms. The van der Waals surface area contributed by atoms with Gasteiger partial charge in [0.05, 0.1) is 7.11 Å². The molecule has 0 saturated carbocycles. The quantitative estimate of drug-likeness (QED) is 0.546. The van der Waals surface area contributed by atoms with Crippen molar-refractivity contribution in [3.63, 3.8) is 0 Å². The Labute approximate surface area is 153 Å². The molecule has 136 valence electrons. The van der Waals surface area contributed by atoms with Gasteiger partial charge in [0.25, 0.3) is 0 Å². The van der Waals surface area contributed by atoms with E-state index in [0.717, 1.165) is 28.7 Å². The summed E-state index contributed by atoms with van der Waals surface area (Å²) in [6, 6.07) is 15.9. The highest BCUT2D eigenvalue weighted by atomic mass is 17.2. The van der Waals surface area contributed by atoms with E-state index < -0.39 is 12.0 Å². The lowest BCUT2D eigenvalue weighted by Gasteiger charge is -2.11. The second kappa shape index (κ2) is 7.72. The molecule has 0 spiro atoms. The summed E-state index contributed by atoms with van der Waals surface area (Å²) < 4.78 is 2.27. The van der Waals surface area contributed by atoms with Gasteiger partial charge in [0.15, 0.2) is 0 Å². The zero-order valence-corrected chi connectivity index (χ0v) is 15.4. The van der Waals surface area contributed by atoms with Crippen LogP contribution in [0.15, 0.2) is 48.5 Å². The number of aryl methyl sites for hydroxylation is 1. The normalized spacial score (nSPS) is 12.3. The molecule has 26 heavy (non-hydrogen) atoms. The van der Waals surface area contributed by atoms with Gasteiger partial charge in [-0.15, -0.1) is 0 Å². The Kier molecular flexibility index (Phi) is 5.40. The first kappa shape index (κ1) is 18.2. The number of hydrogen-bond donors (Lipinski definition) is 1. The molecule has 1 atom stereocenters. The van der Waals surface area contributed by atoms with E-state index in [1.807, 2.05) is 12.1 Å². The maximum atomic E-state index is 11.8. The monoisotopic (exact) mass is 352 g/mol. The second-order valence-electron chi connectivity index (χ2n) is 6.53. The number of aromatic nitrogens is 1. The minimum atomic E-state index is -0.771. The van der Waals surface area contributed by atoms with Gasteiger partial charge in [0.1, 0.15) is 6.04 Å². The number of carbonyl (C=O) groups is 1. The highest BCUT2D eigenvalue weighted by molar-refractivity contribution is 5.86. The van der Waals surface area contributed by atoms with Crippen LogP contribution in [0.2, 0.25) is 0 Å². The molecule has 1 heterocycles. The van der Waals surface area contributed by atoms with E-state index in [1.54, 1.807) is 0 Å². The Morgan fingerprint density at radius 3 is 2.50 bits per heavy atom. The molecule has 0 amide bonds. The molecular weight excluding hydrogens is 328 g/mol. The first-order valence-corrected chi connectivity index (χ1v) is 8.63. The Bertz CT molecular complexity index is 913. The molecule has 0 aliphatic heterocycles. The zero-order valence-electron chi connectivity index (χ0n) is 15.4. The summed E-state index contributed by atoms with van der Waals surface area (Å²) in [5.41, 5.74) is 11.8. The van der Waals surface area contributed by atoms with Crippen LogP contribution in [0.4, 0.5) is 0 Å². The van der Waals surface area contributed by atoms with Gasteiger partial charge < -0.3 is 10.3 Å². The van der Waals surface area contributed by atoms with Crippen molar-refractivity contribution in [1.82, 2.24) is 4.57 Å². The van der Waals surface area contributed by atoms with E-state index in [-0.39, 0.29) is 0 Å². The van der Waals surface area contributed by atoms with Crippen LogP contribution in [0.1, 0.15) is 22.4 Å². The van der Waals surface area contributed by atoms with E-state index in [0.29, 0.717) is 6.42 Å². The average molecular weight is 352 g/mol. The fraction of sp³-hybridized carbons (Fsp3) is 0.286. The minimum Gasteiger partial charge on any atom is -0.340 e. The fourth-order valence-electron chi connectivity index (χ4n) is 3.29. The Hall–Kier alpha value is -2.63. The lowest BCUT2D eigenvalue weighted by atomic mass is 10.0.